The zero-order valence-electron chi connectivity index (χ0n) is 14.5. The summed E-state index contributed by atoms with van der Waals surface area (Å²) in [6.45, 7) is 2.47. The second kappa shape index (κ2) is 6.86. The van der Waals surface area contributed by atoms with Gasteiger partial charge in [0.2, 0.25) is 5.91 Å². The molecule has 0 spiro atoms. The summed E-state index contributed by atoms with van der Waals surface area (Å²) in [7, 11) is 3.58. The highest BCUT2D eigenvalue weighted by atomic mass is 32.1. The molecule has 0 radical (unpaired) electrons. The first-order chi connectivity index (χ1) is 12.1. The number of carbonyl (C=O) groups excluding carboxylic acids is 1. The number of rotatable bonds is 4. The molecule has 0 saturated carbocycles. The normalized spacial score (nSPS) is 26.6. The van der Waals surface area contributed by atoms with E-state index in [4.69, 9.17) is 4.74 Å². The van der Waals surface area contributed by atoms with Crippen molar-refractivity contribution in [1.29, 1.82) is 0 Å². The Labute approximate surface area is 151 Å². The van der Waals surface area contributed by atoms with Crippen LogP contribution in [0.3, 0.4) is 0 Å². The summed E-state index contributed by atoms with van der Waals surface area (Å²) in [5.41, 5.74) is 0.990. The molecule has 2 saturated heterocycles. The number of fused-ring (bicyclic) bond motifs is 2. The van der Waals surface area contributed by atoms with Crippen molar-refractivity contribution in [2.75, 3.05) is 39.1 Å². The third-order valence-corrected chi connectivity index (χ3v) is 5.89. The molecule has 2 aromatic rings. The maximum absolute atomic E-state index is 11.9. The third-order valence-electron chi connectivity index (χ3n) is 4.98. The summed E-state index contributed by atoms with van der Waals surface area (Å²) >= 11 is 1.66. The average Bonchev–Trinajstić information content (AvgIpc) is 3.21. The number of amides is 1. The van der Waals surface area contributed by atoms with Crippen LogP contribution in [0, 0.1) is 0 Å². The van der Waals surface area contributed by atoms with Gasteiger partial charge in [0.1, 0.15) is 12.1 Å². The van der Waals surface area contributed by atoms with Gasteiger partial charge >= 0.3 is 0 Å². The van der Waals surface area contributed by atoms with Gasteiger partial charge in [-0.3, -0.25) is 9.69 Å². The highest BCUT2D eigenvalue weighted by Crippen LogP contribution is 2.29. The van der Waals surface area contributed by atoms with E-state index in [1.165, 1.54) is 0 Å². The van der Waals surface area contributed by atoms with Crippen molar-refractivity contribution in [3.8, 4) is 0 Å². The molecule has 0 unspecified atom stereocenters. The first kappa shape index (κ1) is 16.7. The summed E-state index contributed by atoms with van der Waals surface area (Å²) in [5.74, 6) is 1.04. The number of hydrogen-bond acceptors (Lipinski definition) is 7. The standard InChI is InChI=1S/C17H23N5O2S/c1-21(2)15(23)6-13-8-22-7-11(5-12(22)9-24-13)20-17-16-14(3-4-25-16)18-10-19-17/h3-4,10-13H,5-9H2,1-2H3,(H,18,19,20)/t11-,12-,13-/m0/s1. The monoisotopic (exact) mass is 361 g/mol. The lowest BCUT2D eigenvalue weighted by atomic mass is 10.1. The lowest BCUT2D eigenvalue weighted by Crippen LogP contribution is -2.47. The van der Waals surface area contributed by atoms with Crippen molar-refractivity contribution in [3.05, 3.63) is 17.8 Å². The van der Waals surface area contributed by atoms with Crippen LogP contribution >= 0.6 is 11.3 Å². The highest BCUT2D eigenvalue weighted by Gasteiger charge is 2.38. The summed E-state index contributed by atoms with van der Waals surface area (Å²) in [6, 6.07) is 2.78. The third kappa shape index (κ3) is 3.47. The van der Waals surface area contributed by atoms with Gasteiger partial charge in [-0.25, -0.2) is 9.97 Å². The second-order valence-electron chi connectivity index (χ2n) is 6.99. The Morgan fingerprint density at radius 1 is 1.44 bits per heavy atom. The van der Waals surface area contributed by atoms with Crippen LogP contribution in [0.1, 0.15) is 12.8 Å². The fraction of sp³-hybridized carbons (Fsp3) is 0.588. The zero-order valence-corrected chi connectivity index (χ0v) is 15.3. The van der Waals surface area contributed by atoms with Crippen molar-refractivity contribution in [3.63, 3.8) is 0 Å². The molecule has 2 aliphatic rings. The lowest BCUT2D eigenvalue weighted by Gasteiger charge is -2.35. The molecule has 1 N–H and O–H groups in total. The van der Waals surface area contributed by atoms with E-state index in [0.717, 1.165) is 35.5 Å². The zero-order chi connectivity index (χ0) is 17.4. The number of morpholine rings is 1. The van der Waals surface area contributed by atoms with E-state index in [2.05, 4.69) is 20.2 Å². The van der Waals surface area contributed by atoms with Crippen molar-refractivity contribution in [1.82, 2.24) is 19.8 Å². The first-order valence-corrected chi connectivity index (χ1v) is 9.48. The van der Waals surface area contributed by atoms with Crippen LogP contribution in [-0.4, -0.2) is 77.7 Å². The van der Waals surface area contributed by atoms with Crippen molar-refractivity contribution in [2.24, 2.45) is 0 Å². The van der Waals surface area contributed by atoms with E-state index in [-0.39, 0.29) is 12.0 Å². The van der Waals surface area contributed by atoms with E-state index in [9.17, 15) is 4.79 Å². The average molecular weight is 361 g/mol. The number of thiophene rings is 1. The number of hydrogen-bond donors (Lipinski definition) is 1. The second-order valence-corrected chi connectivity index (χ2v) is 7.91. The fourth-order valence-corrected chi connectivity index (χ4v) is 4.43. The molecule has 2 aliphatic heterocycles. The quantitative estimate of drug-likeness (QED) is 0.888. The molecule has 3 atom stereocenters. The molecule has 1 amide bonds. The van der Waals surface area contributed by atoms with Gasteiger partial charge in [0.05, 0.1) is 29.3 Å². The van der Waals surface area contributed by atoms with Crippen LogP contribution in [0.25, 0.3) is 10.2 Å². The Balaban J connectivity index is 1.38. The van der Waals surface area contributed by atoms with Crippen molar-refractivity contribution >= 4 is 33.3 Å². The van der Waals surface area contributed by atoms with Crippen LogP contribution in [-0.2, 0) is 9.53 Å². The molecular formula is C17H23N5O2S. The van der Waals surface area contributed by atoms with E-state index >= 15 is 0 Å². The molecule has 8 heteroatoms. The fourth-order valence-electron chi connectivity index (χ4n) is 3.63. The van der Waals surface area contributed by atoms with E-state index in [0.29, 0.717) is 25.1 Å². The van der Waals surface area contributed by atoms with Crippen LogP contribution in [0.2, 0.25) is 0 Å². The van der Waals surface area contributed by atoms with E-state index in [1.807, 2.05) is 11.4 Å². The lowest BCUT2D eigenvalue weighted by molar-refractivity contribution is -0.134. The Morgan fingerprint density at radius 3 is 3.16 bits per heavy atom. The Hall–Kier alpha value is -1.77. The molecule has 25 heavy (non-hydrogen) atoms. The van der Waals surface area contributed by atoms with E-state index < -0.39 is 0 Å². The number of ether oxygens (including phenoxy) is 1. The maximum atomic E-state index is 11.9. The topological polar surface area (TPSA) is 70.6 Å². The predicted octanol–water partition coefficient (Wildman–Crippen LogP) is 1.42. The van der Waals surface area contributed by atoms with Gasteiger partial charge in [-0.2, -0.15) is 0 Å². The Kier molecular flexibility index (Phi) is 4.58. The largest absolute Gasteiger partial charge is 0.375 e. The smallest absolute Gasteiger partial charge is 0.224 e. The molecular weight excluding hydrogens is 338 g/mol. The van der Waals surface area contributed by atoms with Gasteiger partial charge in [-0.15, -0.1) is 11.3 Å². The molecule has 7 nitrogen and oxygen atoms in total. The van der Waals surface area contributed by atoms with Crippen LogP contribution < -0.4 is 5.32 Å². The van der Waals surface area contributed by atoms with Gasteiger partial charge in [-0.1, -0.05) is 0 Å². The molecule has 4 heterocycles. The molecule has 0 bridgehead atoms. The summed E-state index contributed by atoms with van der Waals surface area (Å²) in [4.78, 5) is 24.7. The summed E-state index contributed by atoms with van der Waals surface area (Å²) in [6.07, 6.45) is 3.10. The predicted molar refractivity (Wildman–Crippen MR) is 97.9 cm³/mol. The molecule has 2 aromatic heterocycles. The SMILES string of the molecule is CN(C)C(=O)C[C@H]1CN2C[C@@H](Nc3ncnc4ccsc34)C[C@H]2CO1. The van der Waals surface area contributed by atoms with Gasteiger partial charge in [0.15, 0.2) is 0 Å². The van der Waals surface area contributed by atoms with Crippen LogP contribution in [0.5, 0.6) is 0 Å². The molecule has 4 rings (SSSR count). The van der Waals surface area contributed by atoms with Crippen molar-refractivity contribution < 1.29 is 9.53 Å². The first-order valence-electron chi connectivity index (χ1n) is 8.60. The molecule has 0 aromatic carbocycles. The number of carbonyl (C=O) groups is 1. The summed E-state index contributed by atoms with van der Waals surface area (Å²) in [5, 5.41) is 5.63. The minimum absolute atomic E-state index is 0.00652. The minimum Gasteiger partial charge on any atom is -0.375 e. The highest BCUT2D eigenvalue weighted by molar-refractivity contribution is 7.17. The molecule has 134 valence electrons. The van der Waals surface area contributed by atoms with Crippen LogP contribution in [0.15, 0.2) is 17.8 Å². The number of aromatic nitrogens is 2. The van der Waals surface area contributed by atoms with Crippen LogP contribution in [0.4, 0.5) is 5.82 Å². The van der Waals surface area contributed by atoms with Gasteiger partial charge in [0, 0.05) is 39.3 Å². The number of nitrogens with zero attached hydrogens (tertiary/aromatic N) is 4. The molecule has 2 fully saturated rings. The molecule has 0 aliphatic carbocycles. The van der Waals surface area contributed by atoms with E-state index in [1.54, 1.807) is 36.7 Å². The van der Waals surface area contributed by atoms with Crippen molar-refractivity contribution in [2.45, 2.75) is 31.0 Å². The number of nitrogens with one attached hydrogen (secondary N) is 1. The maximum Gasteiger partial charge on any atom is 0.224 e. The van der Waals surface area contributed by atoms with Gasteiger partial charge in [0.25, 0.3) is 0 Å². The summed E-state index contributed by atoms with van der Waals surface area (Å²) < 4.78 is 7.04. The Morgan fingerprint density at radius 2 is 2.32 bits per heavy atom. The number of anilines is 1. The minimum atomic E-state index is -0.00652. The van der Waals surface area contributed by atoms with Gasteiger partial charge in [-0.05, 0) is 17.9 Å². The Bertz CT molecular complexity index is 764. The van der Waals surface area contributed by atoms with Gasteiger partial charge < -0.3 is 15.0 Å².